The normalized spacial score (nSPS) is 29.8. The average Bonchev–Trinajstić information content (AvgIpc) is 2.39. The predicted octanol–water partition coefficient (Wildman–Crippen LogP) is 2.74. The Labute approximate surface area is 103 Å². The first-order valence-electron chi connectivity index (χ1n) is 6.76. The highest BCUT2D eigenvalue weighted by Crippen LogP contribution is 2.41. The molecule has 2 rings (SSSR count). The highest BCUT2D eigenvalue weighted by atomic mass is 16.4. The number of carboxylic acids is 1. The van der Waals surface area contributed by atoms with Crippen LogP contribution < -0.4 is 0 Å². The van der Waals surface area contributed by atoms with Crippen molar-refractivity contribution in [3.05, 3.63) is 12.2 Å². The minimum absolute atomic E-state index is 0.0507. The summed E-state index contributed by atoms with van der Waals surface area (Å²) in [7, 11) is 0. The fraction of sp³-hybridized carbons (Fsp3) is 0.786. The lowest BCUT2D eigenvalue weighted by Gasteiger charge is -2.41. The Kier molecular flexibility index (Phi) is 3.87. The largest absolute Gasteiger partial charge is 0.479 e. The van der Waals surface area contributed by atoms with Crippen molar-refractivity contribution in [2.75, 3.05) is 0 Å². The molecule has 0 aromatic heterocycles. The molecule has 0 saturated heterocycles. The molecule has 0 heterocycles. The molecule has 0 amide bonds. The number of hydrogen-bond acceptors (Lipinski definition) is 2. The summed E-state index contributed by atoms with van der Waals surface area (Å²) < 4.78 is 0. The first-order chi connectivity index (χ1) is 8.15. The molecule has 2 atom stereocenters. The lowest BCUT2D eigenvalue weighted by atomic mass is 9.67. The first kappa shape index (κ1) is 12.6. The molecule has 0 spiro atoms. The topological polar surface area (TPSA) is 57.5 Å². The van der Waals surface area contributed by atoms with E-state index in [-0.39, 0.29) is 11.8 Å². The van der Waals surface area contributed by atoms with Gasteiger partial charge in [0.15, 0.2) is 5.60 Å². The number of allylic oxidation sites excluding steroid dienone is 2. The summed E-state index contributed by atoms with van der Waals surface area (Å²) in [6.45, 7) is 0. The zero-order chi connectivity index (χ0) is 12.3. The molecule has 96 valence electrons. The third-order valence-electron chi connectivity index (χ3n) is 4.46. The van der Waals surface area contributed by atoms with Gasteiger partial charge in [0, 0.05) is 5.92 Å². The second-order valence-corrected chi connectivity index (χ2v) is 5.45. The van der Waals surface area contributed by atoms with Crippen LogP contribution in [0.15, 0.2) is 12.2 Å². The van der Waals surface area contributed by atoms with Gasteiger partial charge < -0.3 is 10.2 Å². The molecule has 0 bridgehead atoms. The van der Waals surface area contributed by atoms with Crippen LogP contribution in [0.4, 0.5) is 0 Å². The van der Waals surface area contributed by atoms with E-state index in [0.29, 0.717) is 6.42 Å². The quantitative estimate of drug-likeness (QED) is 0.743. The van der Waals surface area contributed by atoms with Crippen molar-refractivity contribution in [2.24, 2.45) is 11.8 Å². The second-order valence-electron chi connectivity index (χ2n) is 5.45. The molecular weight excluding hydrogens is 216 g/mol. The highest BCUT2D eigenvalue weighted by Gasteiger charge is 2.49. The molecule has 0 aliphatic heterocycles. The molecule has 0 aromatic rings. The van der Waals surface area contributed by atoms with Gasteiger partial charge in [-0.05, 0) is 38.0 Å². The average molecular weight is 238 g/mol. The maximum atomic E-state index is 11.5. The summed E-state index contributed by atoms with van der Waals surface area (Å²) in [6, 6.07) is 0. The summed E-state index contributed by atoms with van der Waals surface area (Å²) in [5, 5.41) is 20.2. The van der Waals surface area contributed by atoms with Crippen LogP contribution in [0.3, 0.4) is 0 Å². The molecule has 17 heavy (non-hydrogen) atoms. The summed E-state index contributed by atoms with van der Waals surface area (Å²) in [6.07, 6.45) is 11.5. The number of carbonyl (C=O) groups is 1. The van der Waals surface area contributed by atoms with Crippen LogP contribution in [0.5, 0.6) is 0 Å². The second kappa shape index (κ2) is 5.21. The van der Waals surface area contributed by atoms with E-state index in [9.17, 15) is 15.0 Å². The van der Waals surface area contributed by atoms with Gasteiger partial charge in [0.25, 0.3) is 0 Å². The highest BCUT2D eigenvalue weighted by molar-refractivity contribution is 5.78. The van der Waals surface area contributed by atoms with Gasteiger partial charge in [-0.2, -0.15) is 0 Å². The van der Waals surface area contributed by atoms with Gasteiger partial charge in [0.05, 0.1) is 0 Å². The van der Waals surface area contributed by atoms with Crippen LogP contribution in [0.1, 0.15) is 51.4 Å². The standard InChI is InChI=1S/C14H22O3/c15-13(16)14(17,11-7-3-1-4-8-11)12-9-5-2-6-10-12/h1,3,11-12,17H,2,4-10H2,(H,15,16). The van der Waals surface area contributed by atoms with Crippen molar-refractivity contribution in [2.45, 2.75) is 57.0 Å². The van der Waals surface area contributed by atoms with Crippen LogP contribution in [-0.2, 0) is 4.79 Å². The van der Waals surface area contributed by atoms with E-state index in [1.165, 1.54) is 6.42 Å². The van der Waals surface area contributed by atoms with Crippen molar-refractivity contribution in [3.8, 4) is 0 Å². The molecule has 2 N–H and O–H groups in total. The van der Waals surface area contributed by atoms with E-state index < -0.39 is 11.6 Å². The van der Waals surface area contributed by atoms with Crippen molar-refractivity contribution in [1.29, 1.82) is 0 Å². The van der Waals surface area contributed by atoms with Crippen LogP contribution in [0.2, 0.25) is 0 Å². The van der Waals surface area contributed by atoms with E-state index in [0.717, 1.165) is 38.5 Å². The Balaban J connectivity index is 2.17. The van der Waals surface area contributed by atoms with Crippen molar-refractivity contribution in [3.63, 3.8) is 0 Å². The SMILES string of the molecule is O=C(O)C(O)(C1CC=CCC1)C1CCCCC1. The number of aliphatic carboxylic acids is 1. The van der Waals surface area contributed by atoms with Crippen molar-refractivity contribution in [1.82, 2.24) is 0 Å². The Morgan fingerprint density at radius 2 is 1.76 bits per heavy atom. The predicted molar refractivity (Wildman–Crippen MR) is 65.6 cm³/mol. The fourth-order valence-corrected chi connectivity index (χ4v) is 3.42. The zero-order valence-corrected chi connectivity index (χ0v) is 10.3. The molecule has 0 radical (unpaired) electrons. The molecule has 0 aromatic carbocycles. The first-order valence-corrected chi connectivity index (χ1v) is 6.76. The minimum atomic E-state index is -1.49. The molecule has 3 heteroatoms. The molecule has 2 aliphatic rings. The van der Waals surface area contributed by atoms with Crippen molar-refractivity contribution < 1.29 is 15.0 Å². The lowest BCUT2D eigenvalue weighted by Crippen LogP contribution is -2.52. The van der Waals surface area contributed by atoms with Crippen molar-refractivity contribution >= 4 is 5.97 Å². The fourth-order valence-electron chi connectivity index (χ4n) is 3.42. The number of rotatable bonds is 3. The number of aliphatic hydroxyl groups is 1. The minimum Gasteiger partial charge on any atom is -0.479 e. The van der Waals surface area contributed by atoms with Gasteiger partial charge in [0.2, 0.25) is 0 Å². The smallest absolute Gasteiger partial charge is 0.336 e. The van der Waals surface area contributed by atoms with E-state index >= 15 is 0 Å². The van der Waals surface area contributed by atoms with Gasteiger partial charge in [-0.3, -0.25) is 0 Å². The van der Waals surface area contributed by atoms with Crippen LogP contribution in [-0.4, -0.2) is 21.8 Å². The van der Waals surface area contributed by atoms with Crippen LogP contribution in [0.25, 0.3) is 0 Å². The van der Waals surface area contributed by atoms with E-state index in [1.807, 2.05) is 6.08 Å². The number of carboxylic acid groups (broad SMARTS) is 1. The maximum absolute atomic E-state index is 11.5. The Morgan fingerprint density at radius 1 is 1.06 bits per heavy atom. The van der Waals surface area contributed by atoms with E-state index in [1.54, 1.807) is 0 Å². The molecule has 2 unspecified atom stereocenters. The third kappa shape index (κ3) is 2.39. The Morgan fingerprint density at radius 3 is 2.29 bits per heavy atom. The summed E-state index contributed by atoms with van der Waals surface area (Å²) in [5.74, 6) is -1.16. The van der Waals surface area contributed by atoms with Gasteiger partial charge in [-0.1, -0.05) is 31.4 Å². The van der Waals surface area contributed by atoms with Gasteiger partial charge in [-0.25, -0.2) is 4.79 Å². The van der Waals surface area contributed by atoms with Gasteiger partial charge in [0.1, 0.15) is 0 Å². The van der Waals surface area contributed by atoms with Crippen LogP contribution in [0, 0.1) is 11.8 Å². The molecular formula is C14H22O3. The van der Waals surface area contributed by atoms with E-state index in [4.69, 9.17) is 0 Å². The van der Waals surface area contributed by atoms with Gasteiger partial charge >= 0.3 is 5.97 Å². The summed E-state index contributed by atoms with van der Waals surface area (Å²) >= 11 is 0. The van der Waals surface area contributed by atoms with E-state index in [2.05, 4.69) is 6.08 Å². The van der Waals surface area contributed by atoms with Gasteiger partial charge in [-0.15, -0.1) is 0 Å². The molecule has 1 fully saturated rings. The third-order valence-corrected chi connectivity index (χ3v) is 4.46. The summed E-state index contributed by atoms with van der Waals surface area (Å²) in [4.78, 5) is 11.5. The monoisotopic (exact) mass is 238 g/mol. The molecule has 2 aliphatic carbocycles. The molecule has 1 saturated carbocycles. The molecule has 3 nitrogen and oxygen atoms in total. The maximum Gasteiger partial charge on any atom is 0.336 e. The van der Waals surface area contributed by atoms with Crippen LogP contribution >= 0.6 is 0 Å². The lowest BCUT2D eigenvalue weighted by molar-refractivity contribution is -0.176. The Bertz CT molecular complexity index is 305. The summed E-state index contributed by atoms with van der Waals surface area (Å²) in [5.41, 5.74) is -1.49. The Hall–Kier alpha value is -0.830. The number of hydrogen-bond donors (Lipinski definition) is 2. The zero-order valence-electron chi connectivity index (χ0n) is 10.3.